The summed E-state index contributed by atoms with van der Waals surface area (Å²) >= 11 is 0. The summed E-state index contributed by atoms with van der Waals surface area (Å²) in [6, 6.07) is 0. The van der Waals surface area contributed by atoms with Crippen molar-refractivity contribution in [3.63, 3.8) is 0 Å². The molecule has 0 fully saturated rings. The van der Waals surface area contributed by atoms with Gasteiger partial charge in [0.05, 0.1) is 12.0 Å². The number of amides is 1. The molecule has 82 valence electrons. The molecule has 1 amide bonds. The number of aliphatic hydroxyl groups excluding tert-OH is 1. The molecular weight excluding hydrogens is 186 g/mol. The number of hydrogen-bond acceptors (Lipinski definition) is 3. The van der Waals surface area contributed by atoms with Gasteiger partial charge in [0.1, 0.15) is 0 Å². The normalized spacial score (nSPS) is 16.9. The summed E-state index contributed by atoms with van der Waals surface area (Å²) in [5.74, 6) is -2.39. The predicted molar refractivity (Wildman–Crippen MR) is 50.7 cm³/mol. The van der Waals surface area contributed by atoms with Crippen molar-refractivity contribution in [3.05, 3.63) is 0 Å². The van der Waals surface area contributed by atoms with E-state index < -0.39 is 18.0 Å². The van der Waals surface area contributed by atoms with Crippen molar-refractivity contribution in [2.24, 2.45) is 11.8 Å². The zero-order valence-corrected chi connectivity index (χ0v) is 8.65. The van der Waals surface area contributed by atoms with Gasteiger partial charge in [-0.25, -0.2) is 0 Å². The van der Waals surface area contributed by atoms with E-state index in [1.165, 1.54) is 13.8 Å². The van der Waals surface area contributed by atoms with E-state index in [9.17, 15) is 14.7 Å². The molecular formula is C9H17NO4. The van der Waals surface area contributed by atoms with Gasteiger partial charge in [0.2, 0.25) is 5.91 Å². The van der Waals surface area contributed by atoms with Gasteiger partial charge < -0.3 is 15.5 Å². The number of carbonyl (C=O) groups excluding carboxylic acids is 1. The summed E-state index contributed by atoms with van der Waals surface area (Å²) in [7, 11) is 0. The first-order valence-corrected chi connectivity index (χ1v) is 4.51. The lowest BCUT2D eigenvalue weighted by Crippen LogP contribution is -2.38. The number of hydrogen-bond donors (Lipinski definition) is 3. The summed E-state index contributed by atoms with van der Waals surface area (Å²) < 4.78 is 0. The summed E-state index contributed by atoms with van der Waals surface area (Å²) in [5.41, 5.74) is 0. The van der Waals surface area contributed by atoms with E-state index in [0.29, 0.717) is 0 Å². The van der Waals surface area contributed by atoms with Gasteiger partial charge in [0, 0.05) is 13.5 Å². The van der Waals surface area contributed by atoms with Gasteiger partial charge in [-0.05, 0) is 12.8 Å². The molecule has 5 heteroatoms. The molecule has 3 N–H and O–H groups in total. The minimum atomic E-state index is -1.04. The van der Waals surface area contributed by atoms with Crippen LogP contribution in [0.3, 0.4) is 0 Å². The van der Waals surface area contributed by atoms with Crippen molar-refractivity contribution in [2.75, 3.05) is 6.54 Å². The van der Waals surface area contributed by atoms with Gasteiger partial charge in [0.25, 0.3) is 0 Å². The largest absolute Gasteiger partial charge is 0.481 e. The van der Waals surface area contributed by atoms with Crippen molar-refractivity contribution in [2.45, 2.75) is 26.9 Å². The maximum atomic E-state index is 10.8. The van der Waals surface area contributed by atoms with Crippen LogP contribution in [0.1, 0.15) is 20.8 Å². The smallest absolute Gasteiger partial charge is 0.309 e. The van der Waals surface area contributed by atoms with Gasteiger partial charge in [-0.15, -0.1) is 0 Å². The maximum absolute atomic E-state index is 10.8. The fraction of sp³-hybridized carbons (Fsp3) is 0.778. The number of carboxylic acid groups (broad SMARTS) is 1. The van der Waals surface area contributed by atoms with Crippen molar-refractivity contribution in [1.82, 2.24) is 5.32 Å². The van der Waals surface area contributed by atoms with Crippen LogP contribution in [0.25, 0.3) is 0 Å². The molecule has 0 aromatic rings. The van der Waals surface area contributed by atoms with E-state index in [2.05, 4.69) is 5.32 Å². The topological polar surface area (TPSA) is 86.6 Å². The number of carbonyl (C=O) groups is 2. The third-order valence-corrected chi connectivity index (χ3v) is 2.09. The minimum Gasteiger partial charge on any atom is -0.481 e. The average Bonchev–Trinajstić information content (AvgIpc) is 1.99. The van der Waals surface area contributed by atoms with Crippen LogP contribution >= 0.6 is 0 Å². The first-order valence-electron chi connectivity index (χ1n) is 4.51. The number of nitrogens with one attached hydrogen (secondary N) is 1. The van der Waals surface area contributed by atoms with Crippen LogP contribution in [0.5, 0.6) is 0 Å². The standard InChI is InChI=1S/C9H17NO4/c1-5(4-10-7(3)12)8(6(2)11)9(13)14/h5-6,8,11H,4H2,1-3H3,(H,10,12)(H,13,14). The predicted octanol–water partition coefficient (Wildman–Crippen LogP) is -0.160. The van der Waals surface area contributed by atoms with Crippen LogP contribution in [0, 0.1) is 11.8 Å². The van der Waals surface area contributed by atoms with Crippen LogP contribution in [-0.2, 0) is 9.59 Å². The lowest BCUT2D eigenvalue weighted by Gasteiger charge is -2.22. The summed E-state index contributed by atoms with van der Waals surface area (Å²) in [6.07, 6.45) is -0.920. The second kappa shape index (κ2) is 5.59. The van der Waals surface area contributed by atoms with Crippen molar-refractivity contribution < 1.29 is 19.8 Å². The zero-order chi connectivity index (χ0) is 11.3. The molecule has 3 atom stereocenters. The van der Waals surface area contributed by atoms with E-state index in [4.69, 9.17) is 5.11 Å². The lowest BCUT2D eigenvalue weighted by molar-refractivity contribution is -0.147. The molecule has 0 aromatic heterocycles. The molecule has 0 heterocycles. The highest BCUT2D eigenvalue weighted by Crippen LogP contribution is 2.15. The summed E-state index contributed by atoms with van der Waals surface area (Å²) in [5, 5.41) is 20.6. The molecule has 14 heavy (non-hydrogen) atoms. The van der Waals surface area contributed by atoms with Crippen LogP contribution in [0.4, 0.5) is 0 Å². The minimum absolute atomic E-state index is 0.202. The first-order chi connectivity index (χ1) is 6.36. The molecule has 0 saturated heterocycles. The molecule has 0 saturated carbocycles. The monoisotopic (exact) mass is 203 g/mol. The van der Waals surface area contributed by atoms with E-state index >= 15 is 0 Å². The van der Waals surface area contributed by atoms with Crippen LogP contribution in [0.15, 0.2) is 0 Å². The van der Waals surface area contributed by atoms with Gasteiger partial charge in [0.15, 0.2) is 0 Å². The average molecular weight is 203 g/mol. The maximum Gasteiger partial charge on any atom is 0.309 e. The third kappa shape index (κ3) is 4.23. The Morgan fingerprint density at radius 3 is 2.14 bits per heavy atom. The Balaban J connectivity index is 4.22. The third-order valence-electron chi connectivity index (χ3n) is 2.09. The molecule has 3 unspecified atom stereocenters. The number of rotatable bonds is 5. The Morgan fingerprint density at radius 2 is 1.86 bits per heavy atom. The SMILES string of the molecule is CC(=O)NCC(C)C(C(=O)O)C(C)O. The Morgan fingerprint density at radius 1 is 1.36 bits per heavy atom. The molecule has 0 spiro atoms. The number of carboxylic acids is 1. The van der Waals surface area contributed by atoms with Crippen LogP contribution < -0.4 is 5.32 Å². The summed E-state index contributed by atoms with van der Waals surface area (Å²) in [6.45, 7) is 4.74. The molecule has 0 aromatic carbocycles. The fourth-order valence-corrected chi connectivity index (χ4v) is 1.36. The second-order valence-corrected chi connectivity index (χ2v) is 3.52. The lowest BCUT2D eigenvalue weighted by atomic mass is 9.89. The van der Waals surface area contributed by atoms with Crippen LogP contribution in [-0.4, -0.2) is 34.7 Å². The number of aliphatic carboxylic acids is 1. The summed E-state index contributed by atoms with van der Waals surface area (Å²) in [4.78, 5) is 21.3. The van der Waals surface area contributed by atoms with Crippen molar-refractivity contribution in [1.29, 1.82) is 0 Å². The highest BCUT2D eigenvalue weighted by Gasteiger charge is 2.29. The first kappa shape index (κ1) is 12.9. The Bertz CT molecular complexity index is 215. The van der Waals surface area contributed by atoms with E-state index in [1.807, 2.05) is 0 Å². The number of aliphatic hydroxyl groups is 1. The quantitative estimate of drug-likeness (QED) is 0.579. The van der Waals surface area contributed by atoms with E-state index in [0.717, 1.165) is 0 Å². The van der Waals surface area contributed by atoms with Gasteiger partial charge in [-0.3, -0.25) is 9.59 Å². The van der Waals surface area contributed by atoms with Gasteiger partial charge >= 0.3 is 5.97 Å². The molecule has 0 radical (unpaired) electrons. The highest BCUT2D eigenvalue weighted by molar-refractivity contribution is 5.73. The Kier molecular flexibility index (Phi) is 5.15. The van der Waals surface area contributed by atoms with Gasteiger partial charge in [-0.2, -0.15) is 0 Å². The Labute approximate surface area is 83.1 Å². The van der Waals surface area contributed by atoms with E-state index in [1.54, 1.807) is 6.92 Å². The zero-order valence-electron chi connectivity index (χ0n) is 8.65. The molecule has 0 aliphatic rings. The van der Waals surface area contributed by atoms with Gasteiger partial charge in [-0.1, -0.05) is 6.92 Å². The molecule has 0 aliphatic heterocycles. The Hall–Kier alpha value is -1.10. The van der Waals surface area contributed by atoms with Crippen molar-refractivity contribution in [3.8, 4) is 0 Å². The highest BCUT2D eigenvalue weighted by atomic mass is 16.4. The van der Waals surface area contributed by atoms with Crippen LogP contribution in [0.2, 0.25) is 0 Å². The molecule has 0 bridgehead atoms. The van der Waals surface area contributed by atoms with Crippen molar-refractivity contribution >= 4 is 11.9 Å². The molecule has 0 aliphatic carbocycles. The van der Waals surface area contributed by atoms with E-state index in [-0.39, 0.29) is 18.4 Å². The fourth-order valence-electron chi connectivity index (χ4n) is 1.36. The molecule has 0 rings (SSSR count). The second-order valence-electron chi connectivity index (χ2n) is 3.52. The molecule has 5 nitrogen and oxygen atoms in total.